The maximum atomic E-state index is 12.6. The van der Waals surface area contributed by atoms with Gasteiger partial charge >= 0.3 is 12.1 Å². The van der Waals surface area contributed by atoms with E-state index >= 15 is 0 Å². The van der Waals surface area contributed by atoms with Gasteiger partial charge in [-0.25, -0.2) is 4.79 Å². The second-order valence-corrected chi connectivity index (χ2v) is 8.48. The van der Waals surface area contributed by atoms with Gasteiger partial charge < -0.3 is 9.47 Å². The standard InChI is InChI=1S/C22H23ClF3N3O3/c1-12-17(23)18(29(6)28-12)19(31-13(2)32-20(30)22(24,25)26)16(11-27)14-7-9-15(10-8-14)21(3,4)5/h7-10,13H,1-6H3/b19-16-. The first-order chi connectivity index (χ1) is 14.7. The van der Waals surface area contributed by atoms with Crippen LogP contribution in [0.4, 0.5) is 13.2 Å². The van der Waals surface area contributed by atoms with Gasteiger partial charge in [0.2, 0.25) is 6.29 Å². The van der Waals surface area contributed by atoms with Crippen LogP contribution in [0.2, 0.25) is 5.02 Å². The van der Waals surface area contributed by atoms with Gasteiger partial charge in [-0.3, -0.25) is 4.68 Å². The Kier molecular flexibility index (Phi) is 7.30. The van der Waals surface area contributed by atoms with Gasteiger partial charge in [0.1, 0.15) is 17.3 Å². The first-order valence-electron chi connectivity index (χ1n) is 9.56. The Morgan fingerprint density at radius 3 is 2.16 bits per heavy atom. The quantitative estimate of drug-likeness (QED) is 0.249. The van der Waals surface area contributed by atoms with E-state index in [-0.39, 0.29) is 27.5 Å². The smallest absolute Gasteiger partial charge is 0.451 e. The maximum absolute atomic E-state index is 12.6. The van der Waals surface area contributed by atoms with Crippen LogP contribution in [-0.4, -0.2) is 28.2 Å². The van der Waals surface area contributed by atoms with E-state index in [1.807, 2.05) is 39.0 Å². The summed E-state index contributed by atoms with van der Waals surface area (Å²) >= 11 is 6.35. The van der Waals surface area contributed by atoms with Crippen molar-refractivity contribution in [2.24, 2.45) is 7.05 Å². The Morgan fingerprint density at radius 2 is 1.75 bits per heavy atom. The molecule has 0 radical (unpaired) electrons. The highest BCUT2D eigenvalue weighted by molar-refractivity contribution is 6.33. The molecule has 0 aliphatic rings. The van der Waals surface area contributed by atoms with Crippen molar-refractivity contribution in [3.63, 3.8) is 0 Å². The van der Waals surface area contributed by atoms with Crippen LogP contribution in [-0.2, 0) is 26.7 Å². The van der Waals surface area contributed by atoms with Gasteiger partial charge in [0.15, 0.2) is 5.76 Å². The number of carbonyl (C=O) groups is 1. The minimum absolute atomic E-state index is 0.00901. The van der Waals surface area contributed by atoms with Gasteiger partial charge in [-0.05, 0) is 23.5 Å². The molecular formula is C22H23ClF3N3O3. The first-order valence-corrected chi connectivity index (χ1v) is 9.93. The highest BCUT2D eigenvalue weighted by Gasteiger charge is 2.42. The van der Waals surface area contributed by atoms with E-state index in [1.54, 1.807) is 26.1 Å². The number of carbonyl (C=O) groups excluding carboxylic acids is 1. The molecule has 172 valence electrons. The second-order valence-electron chi connectivity index (χ2n) is 8.10. The number of rotatable bonds is 5. The van der Waals surface area contributed by atoms with Crippen LogP contribution < -0.4 is 0 Å². The molecule has 0 aliphatic carbocycles. The Hall–Kier alpha value is -2.99. The molecule has 0 fully saturated rings. The molecular weight excluding hydrogens is 447 g/mol. The lowest BCUT2D eigenvalue weighted by Crippen LogP contribution is -2.30. The van der Waals surface area contributed by atoms with Crippen LogP contribution in [0.3, 0.4) is 0 Å². The molecule has 0 saturated heterocycles. The molecule has 0 amide bonds. The summed E-state index contributed by atoms with van der Waals surface area (Å²) in [7, 11) is 1.54. The molecule has 0 bridgehead atoms. The molecule has 1 heterocycles. The van der Waals surface area contributed by atoms with Crippen LogP contribution >= 0.6 is 11.6 Å². The summed E-state index contributed by atoms with van der Waals surface area (Å²) in [4.78, 5) is 11.2. The Balaban J connectivity index is 2.61. The lowest BCUT2D eigenvalue weighted by Gasteiger charge is -2.21. The number of hydrogen-bond acceptors (Lipinski definition) is 5. The fraction of sp³-hybridized carbons (Fsp3) is 0.409. The summed E-state index contributed by atoms with van der Waals surface area (Å²) in [5.74, 6) is -2.57. The topological polar surface area (TPSA) is 77.1 Å². The maximum Gasteiger partial charge on any atom is 0.491 e. The minimum atomic E-state index is -5.19. The van der Waals surface area contributed by atoms with E-state index in [0.717, 1.165) is 12.5 Å². The molecule has 2 aromatic rings. The zero-order valence-corrected chi connectivity index (χ0v) is 19.2. The average molecular weight is 470 g/mol. The normalized spacial score (nSPS) is 13.8. The fourth-order valence-electron chi connectivity index (χ4n) is 2.90. The van der Waals surface area contributed by atoms with Crippen LogP contribution in [0.15, 0.2) is 24.3 Å². The third kappa shape index (κ3) is 5.62. The molecule has 1 atom stereocenters. The molecule has 1 unspecified atom stereocenters. The zero-order chi connectivity index (χ0) is 24.4. The van der Waals surface area contributed by atoms with Gasteiger partial charge in [0.05, 0.1) is 10.7 Å². The number of nitriles is 1. The van der Waals surface area contributed by atoms with E-state index in [0.29, 0.717) is 11.3 Å². The summed E-state index contributed by atoms with van der Waals surface area (Å²) < 4.78 is 49.0. The van der Waals surface area contributed by atoms with Gasteiger partial charge in [0.25, 0.3) is 0 Å². The third-order valence-electron chi connectivity index (χ3n) is 4.53. The van der Waals surface area contributed by atoms with Crippen molar-refractivity contribution in [1.29, 1.82) is 5.26 Å². The average Bonchev–Trinajstić information content (AvgIpc) is 2.92. The number of aromatic nitrogens is 2. The number of hydrogen-bond donors (Lipinski definition) is 0. The molecule has 1 aromatic carbocycles. The molecule has 0 saturated carbocycles. The first kappa shape index (κ1) is 25.3. The van der Waals surface area contributed by atoms with E-state index in [4.69, 9.17) is 16.3 Å². The Bertz CT molecular complexity index is 1080. The number of alkyl halides is 3. The van der Waals surface area contributed by atoms with Gasteiger partial charge in [-0.1, -0.05) is 56.6 Å². The van der Waals surface area contributed by atoms with Crippen molar-refractivity contribution >= 4 is 28.9 Å². The monoisotopic (exact) mass is 469 g/mol. The second kappa shape index (κ2) is 9.25. The van der Waals surface area contributed by atoms with Gasteiger partial charge in [-0.15, -0.1) is 0 Å². The lowest BCUT2D eigenvalue weighted by molar-refractivity contribution is -0.216. The number of nitrogens with zero attached hydrogens (tertiary/aromatic N) is 3. The molecule has 6 nitrogen and oxygen atoms in total. The third-order valence-corrected chi connectivity index (χ3v) is 4.98. The molecule has 0 spiro atoms. The van der Waals surface area contributed by atoms with E-state index < -0.39 is 18.4 Å². The van der Waals surface area contributed by atoms with Crippen molar-refractivity contribution in [1.82, 2.24) is 9.78 Å². The summed E-state index contributed by atoms with van der Waals surface area (Å²) in [6.45, 7) is 8.84. The molecule has 1 aromatic heterocycles. The van der Waals surface area contributed by atoms with Gasteiger partial charge in [-0.2, -0.15) is 23.5 Å². The predicted octanol–water partition coefficient (Wildman–Crippen LogP) is 5.54. The van der Waals surface area contributed by atoms with Crippen LogP contribution in [0, 0.1) is 18.3 Å². The van der Waals surface area contributed by atoms with E-state index in [2.05, 4.69) is 9.84 Å². The van der Waals surface area contributed by atoms with Crippen molar-refractivity contribution in [2.45, 2.75) is 52.5 Å². The molecule has 0 N–H and O–H groups in total. The van der Waals surface area contributed by atoms with Crippen LogP contribution in [0.5, 0.6) is 0 Å². The van der Waals surface area contributed by atoms with Crippen molar-refractivity contribution in [3.05, 3.63) is 51.8 Å². The van der Waals surface area contributed by atoms with Crippen molar-refractivity contribution in [2.75, 3.05) is 0 Å². The highest BCUT2D eigenvalue weighted by Crippen LogP contribution is 2.35. The largest absolute Gasteiger partial charge is 0.491 e. The minimum Gasteiger partial charge on any atom is -0.451 e. The summed E-state index contributed by atoms with van der Waals surface area (Å²) in [5.41, 5.74) is 1.91. The number of benzene rings is 1. The molecule has 32 heavy (non-hydrogen) atoms. The Morgan fingerprint density at radius 1 is 1.19 bits per heavy atom. The number of ether oxygens (including phenoxy) is 2. The molecule has 10 heteroatoms. The lowest BCUT2D eigenvalue weighted by atomic mass is 9.86. The zero-order valence-electron chi connectivity index (χ0n) is 18.5. The number of aryl methyl sites for hydroxylation is 2. The fourth-order valence-corrected chi connectivity index (χ4v) is 3.15. The van der Waals surface area contributed by atoms with Crippen molar-refractivity contribution in [3.8, 4) is 6.07 Å². The van der Waals surface area contributed by atoms with Crippen LogP contribution in [0.1, 0.15) is 50.2 Å². The number of allylic oxidation sites excluding steroid dienone is 1. The predicted molar refractivity (Wildman–Crippen MR) is 113 cm³/mol. The summed E-state index contributed by atoms with van der Waals surface area (Å²) in [5, 5.41) is 14.2. The SMILES string of the molecule is Cc1nn(C)c(/C(OC(C)OC(=O)C(F)(F)F)=C(\C#N)c2ccc(C(C)(C)C)cc2)c1Cl. The number of halogens is 4. The van der Waals surface area contributed by atoms with Gasteiger partial charge in [0, 0.05) is 14.0 Å². The van der Waals surface area contributed by atoms with E-state index in [9.17, 15) is 23.2 Å². The van der Waals surface area contributed by atoms with Crippen LogP contribution in [0.25, 0.3) is 11.3 Å². The molecule has 0 aliphatic heterocycles. The molecule has 2 rings (SSSR count). The number of esters is 1. The Labute approximate surface area is 189 Å². The highest BCUT2D eigenvalue weighted by atomic mass is 35.5. The summed E-state index contributed by atoms with van der Waals surface area (Å²) in [6.07, 6.45) is -6.86. The summed E-state index contributed by atoms with van der Waals surface area (Å²) in [6, 6.07) is 9.10. The van der Waals surface area contributed by atoms with E-state index in [1.165, 1.54) is 4.68 Å². The van der Waals surface area contributed by atoms with Crippen molar-refractivity contribution < 1.29 is 27.4 Å².